The Bertz CT molecular complexity index is 678. The molecule has 108 valence electrons. The van der Waals surface area contributed by atoms with Crippen LogP contribution >= 0.6 is 0 Å². The van der Waals surface area contributed by atoms with Gasteiger partial charge in [0.1, 0.15) is 17.3 Å². The summed E-state index contributed by atoms with van der Waals surface area (Å²) in [6.07, 6.45) is 4.18. The van der Waals surface area contributed by atoms with Gasteiger partial charge in [0.05, 0.1) is 19.8 Å². The number of benzene rings is 2. The molecule has 2 rings (SSSR count). The summed E-state index contributed by atoms with van der Waals surface area (Å²) in [4.78, 5) is 11.3. The summed E-state index contributed by atoms with van der Waals surface area (Å²) in [5.74, 6) is 0.704. The van der Waals surface area contributed by atoms with Crippen LogP contribution in [0.2, 0.25) is 0 Å². The lowest BCUT2D eigenvalue weighted by Gasteiger charge is -2.09. The monoisotopic (exact) mass is 286 g/mol. The first kappa shape index (κ1) is 14.8. The van der Waals surface area contributed by atoms with Crippen molar-refractivity contribution in [1.82, 2.24) is 0 Å². The molecular formula is C17H15FO3. The summed E-state index contributed by atoms with van der Waals surface area (Å²) in [5.41, 5.74) is 1.77. The summed E-state index contributed by atoms with van der Waals surface area (Å²) in [6.45, 7) is 0. The minimum atomic E-state index is -0.309. The molecule has 0 aliphatic carbocycles. The highest BCUT2D eigenvalue weighted by atomic mass is 19.1. The number of hydrogen-bond donors (Lipinski definition) is 0. The number of carbonyl (C=O) groups excluding carboxylic acids is 1. The second-order valence-electron chi connectivity index (χ2n) is 4.34. The molecule has 0 N–H and O–H groups in total. The highest BCUT2D eigenvalue weighted by molar-refractivity contribution is 5.89. The Kier molecular flexibility index (Phi) is 4.72. The van der Waals surface area contributed by atoms with Crippen molar-refractivity contribution >= 4 is 18.4 Å². The standard InChI is InChI=1S/C17H15FO3/c1-20-15-9-13(16(11-19)17(10-15)21-2)7-6-12-4-3-5-14(18)8-12/h3-11H,1-2H3/b7-6+. The van der Waals surface area contributed by atoms with Crippen molar-refractivity contribution in [2.45, 2.75) is 0 Å². The molecule has 0 saturated heterocycles. The van der Waals surface area contributed by atoms with Gasteiger partial charge in [0, 0.05) is 6.07 Å². The molecule has 0 atom stereocenters. The molecule has 0 aliphatic rings. The summed E-state index contributed by atoms with van der Waals surface area (Å²) in [6, 6.07) is 9.56. The minimum absolute atomic E-state index is 0.309. The molecule has 0 radical (unpaired) electrons. The van der Waals surface area contributed by atoms with E-state index in [0.29, 0.717) is 28.2 Å². The van der Waals surface area contributed by atoms with Crippen molar-refractivity contribution in [3.05, 3.63) is 58.9 Å². The molecule has 0 heterocycles. The van der Waals surface area contributed by atoms with Crippen LogP contribution in [0.1, 0.15) is 21.5 Å². The van der Waals surface area contributed by atoms with Crippen LogP contribution in [-0.4, -0.2) is 20.5 Å². The van der Waals surface area contributed by atoms with E-state index in [4.69, 9.17) is 9.47 Å². The van der Waals surface area contributed by atoms with Crippen molar-refractivity contribution in [3.8, 4) is 11.5 Å². The lowest BCUT2D eigenvalue weighted by Crippen LogP contribution is -1.96. The van der Waals surface area contributed by atoms with Crippen molar-refractivity contribution in [3.63, 3.8) is 0 Å². The summed E-state index contributed by atoms with van der Waals surface area (Å²) in [7, 11) is 3.03. The van der Waals surface area contributed by atoms with Crippen LogP contribution in [-0.2, 0) is 0 Å². The summed E-state index contributed by atoms with van der Waals surface area (Å²) < 4.78 is 23.5. The van der Waals surface area contributed by atoms with Gasteiger partial charge in [-0.3, -0.25) is 4.79 Å². The van der Waals surface area contributed by atoms with Crippen LogP contribution in [0.4, 0.5) is 4.39 Å². The summed E-state index contributed by atoms with van der Waals surface area (Å²) in [5, 5.41) is 0. The fourth-order valence-electron chi connectivity index (χ4n) is 1.97. The van der Waals surface area contributed by atoms with Gasteiger partial charge in [-0.25, -0.2) is 4.39 Å². The van der Waals surface area contributed by atoms with Crippen LogP contribution in [0.15, 0.2) is 36.4 Å². The molecule has 0 unspecified atom stereocenters. The van der Waals surface area contributed by atoms with E-state index >= 15 is 0 Å². The van der Waals surface area contributed by atoms with Crippen molar-refractivity contribution < 1.29 is 18.7 Å². The maximum absolute atomic E-state index is 13.1. The SMILES string of the molecule is COc1cc(/C=C/c2cccc(F)c2)c(C=O)c(OC)c1. The largest absolute Gasteiger partial charge is 0.497 e. The molecule has 4 heteroatoms. The first-order chi connectivity index (χ1) is 10.2. The van der Waals surface area contributed by atoms with Gasteiger partial charge in [0.15, 0.2) is 6.29 Å². The van der Waals surface area contributed by atoms with Gasteiger partial charge < -0.3 is 9.47 Å². The maximum Gasteiger partial charge on any atom is 0.154 e. The molecule has 21 heavy (non-hydrogen) atoms. The molecule has 3 nitrogen and oxygen atoms in total. The average Bonchev–Trinajstić information content (AvgIpc) is 2.51. The maximum atomic E-state index is 13.1. The molecule has 0 bridgehead atoms. The van der Waals surface area contributed by atoms with Crippen molar-refractivity contribution in [2.75, 3.05) is 14.2 Å². The van der Waals surface area contributed by atoms with Crippen LogP contribution in [0.5, 0.6) is 11.5 Å². The van der Waals surface area contributed by atoms with Gasteiger partial charge in [0.2, 0.25) is 0 Å². The van der Waals surface area contributed by atoms with Crippen LogP contribution in [0.3, 0.4) is 0 Å². The topological polar surface area (TPSA) is 35.5 Å². The Morgan fingerprint density at radius 1 is 1.05 bits per heavy atom. The number of aldehydes is 1. The average molecular weight is 286 g/mol. The van der Waals surface area contributed by atoms with E-state index in [0.717, 1.165) is 6.29 Å². The second-order valence-corrected chi connectivity index (χ2v) is 4.34. The van der Waals surface area contributed by atoms with Crippen LogP contribution in [0, 0.1) is 5.82 Å². The van der Waals surface area contributed by atoms with Gasteiger partial charge in [-0.1, -0.05) is 24.3 Å². The Hall–Kier alpha value is -2.62. The Morgan fingerprint density at radius 3 is 2.48 bits per heavy atom. The minimum Gasteiger partial charge on any atom is -0.497 e. The Morgan fingerprint density at radius 2 is 1.86 bits per heavy atom. The highest BCUT2D eigenvalue weighted by Gasteiger charge is 2.09. The molecule has 0 saturated carbocycles. The lowest BCUT2D eigenvalue weighted by atomic mass is 10.0. The van der Waals surface area contributed by atoms with Gasteiger partial charge in [0.25, 0.3) is 0 Å². The van der Waals surface area contributed by atoms with E-state index in [-0.39, 0.29) is 5.82 Å². The number of carbonyl (C=O) groups is 1. The van der Waals surface area contributed by atoms with Crippen LogP contribution in [0.25, 0.3) is 12.2 Å². The highest BCUT2D eigenvalue weighted by Crippen LogP contribution is 2.28. The van der Waals surface area contributed by atoms with Gasteiger partial charge in [-0.15, -0.1) is 0 Å². The predicted octanol–water partition coefficient (Wildman–Crippen LogP) is 3.83. The first-order valence-electron chi connectivity index (χ1n) is 6.32. The van der Waals surface area contributed by atoms with E-state index in [1.807, 2.05) is 0 Å². The number of halogens is 1. The molecule has 2 aromatic carbocycles. The quantitative estimate of drug-likeness (QED) is 0.619. The van der Waals surface area contributed by atoms with E-state index in [1.54, 1.807) is 36.4 Å². The van der Waals surface area contributed by atoms with E-state index in [2.05, 4.69) is 0 Å². The molecule has 0 amide bonds. The fourth-order valence-corrected chi connectivity index (χ4v) is 1.97. The first-order valence-corrected chi connectivity index (χ1v) is 6.32. The molecule has 2 aromatic rings. The Balaban J connectivity index is 2.44. The van der Waals surface area contributed by atoms with E-state index in [9.17, 15) is 9.18 Å². The lowest BCUT2D eigenvalue weighted by molar-refractivity contribution is 0.112. The Labute approximate surface area is 122 Å². The zero-order valence-electron chi connectivity index (χ0n) is 11.8. The molecular weight excluding hydrogens is 271 g/mol. The number of rotatable bonds is 5. The zero-order valence-corrected chi connectivity index (χ0v) is 11.8. The normalized spacial score (nSPS) is 10.6. The summed E-state index contributed by atoms with van der Waals surface area (Å²) >= 11 is 0. The number of methoxy groups -OCH3 is 2. The predicted molar refractivity (Wildman–Crippen MR) is 80.3 cm³/mol. The third-order valence-corrected chi connectivity index (χ3v) is 3.03. The zero-order chi connectivity index (χ0) is 15.2. The molecule has 0 aromatic heterocycles. The van der Waals surface area contributed by atoms with Gasteiger partial charge >= 0.3 is 0 Å². The number of ether oxygens (including phenoxy) is 2. The third-order valence-electron chi connectivity index (χ3n) is 3.03. The van der Waals surface area contributed by atoms with Crippen molar-refractivity contribution in [2.24, 2.45) is 0 Å². The molecule has 0 aliphatic heterocycles. The van der Waals surface area contributed by atoms with E-state index in [1.165, 1.54) is 26.4 Å². The molecule has 0 spiro atoms. The van der Waals surface area contributed by atoms with E-state index < -0.39 is 0 Å². The smallest absolute Gasteiger partial charge is 0.154 e. The molecule has 0 fully saturated rings. The fraction of sp³-hybridized carbons (Fsp3) is 0.118. The second kappa shape index (κ2) is 6.70. The van der Waals surface area contributed by atoms with Crippen molar-refractivity contribution in [1.29, 1.82) is 0 Å². The third kappa shape index (κ3) is 3.48. The van der Waals surface area contributed by atoms with Crippen LogP contribution < -0.4 is 9.47 Å². The van der Waals surface area contributed by atoms with Gasteiger partial charge in [-0.05, 0) is 29.3 Å². The van der Waals surface area contributed by atoms with Gasteiger partial charge in [-0.2, -0.15) is 0 Å². The number of hydrogen-bond acceptors (Lipinski definition) is 3.